The van der Waals surface area contributed by atoms with E-state index in [4.69, 9.17) is 34.4 Å². The van der Waals surface area contributed by atoms with Crippen molar-refractivity contribution >= 4 is 70.5 Å². The zero-order valence-electron chi connectivity index (χ0n) is 39.0. The lowest BCUT2D eigenvalue weighted by molar-refractivity contribution is -0.143. The summed E-state index contributed by atoms with van der Waals surface area (Å²) in [4.78, 5) is 120. The fourth-order valence-electron chi connectivity index (χ4n) is 7.72. The smallest absolute Gasteiger partial charge is 0.245 e. The number of nitrogens with zero attached hydrogens (tertiary/aromatic N) is 4. The molecule has 0 aliphatic carbocycles. The normalized spacial score (nSPS) is 15.2. The van der Waals surface area contributed by atoms with E-state index in [-0.39, 0.29) is 94.6 Å². The molecule has 2 heterocycles. The first-order chi connectivity index (χ1) is 33.3. The quantitative estimate of drug-likeness (QED) is 0.0218. The summed E-state index contributed by atoms with van der Waals surface area (Å²) in [6.07, 6.45) is 0.319. The van der Waals surface area contributed by atoms with Gasteiger partial charge in [0.25, 0.3) is 0 Å². The van der Waals surface area contributed by atoms with Crippen LogP contribution in [0.1, 0.15) is 60.9 Å². The largest absolute Gasteiger partial charge is 0.508 e. The van der Waals surface area contributed by atoms with Crippen molar-refractivity contribution in [1.29, 1.82) is 0 Å². The molecule has 24 heteroatoms. The summed E-state index contributed by atoms with van der Waals surface area (Å²) >= 11 is 1.39. The molecule has 1 aliphatic rings. The Kier molecular flexibility index (Phi) is 21.4. The average Bonchev–Trinajstić information content (AvgIpc) is 4.03. The van der Waals surface area contributed by atoms with Gasteiger partial charge in [0.2, 0.25) is 47.3 Å². The van der Waals surface area contributed by atoms with E-state index in [2.05, 4.69) is 31.3 Å². The van der Waals surface area contributed by atoms with Crippen molar-refractivity contribution in [2.75, 3.05) is 26.7 Å². The molecule has 0 unspecified atom stereocenters. The number of aliphatic imine (C=N–C) groups is 2. The van der Waals surface area contributed by atoms with Crippen LogP contribution in [0.5, 0.6) is 5.75 Å². The Morgan fingerprint density at radius 2 is 1.30 bits per heavy atom. The fraction of sp³-hybridized carbons (Fsp3) is 0.435. The third-order valence-electron chi connectivity index (χ3n) is 11.4. The Morgan fingerprint density at radius 3 is 1.89 bits per heavy atom. The number of hydrogen-bond acceptors (Lipinski definition) is 12. The lowest BCUT2D eigenvalue weighted by Gasteiger charge is -2.32. The SMILES string of the molecule is CN(C(=O)Cc1cccs1)[C@@H](Cc1ccc(O)cc1)C(=O)N[C@@H](Cc1ccccc1)C(=O)N[C@@H](CCCN=C(N)N)C(=O)N1CCC[C@H]1C(=O)N[C@@H](CCCN=C(N)N)C(=O)N[C@@H](CC(N)=O)C(N)=O. The number of likely N-dealkylation sites (tertiary alicyclic amines) is 1. The zero-order chi connectivity index (χ0) is 51.3. The molecule has 23 nitrogen and oxygen atoms in total. The van der Waals surface area contributed by atoms with Crippen LogP contribution < -0.4 is 55.7 Å². The summed E-state index contributed by atoms with van der Waals surface area (Å²) in [6, 6.07) is 11.0. The number of hydrogen-bond donors (Lipinski definition) is 11. The van der Waals surface area contributed by atoms with Crippen molar-refractivity contribution in [2.24, 2.45) is 44.4 Å². The van der Waals surface area contributed by atoms with Crippen LogP contribution in [-0.2, 0) is 57.6 Å². The first-order valence-electron chi connectivity index (χ1n) is 22.6. The maximum absolute atomic E-state index is 14.7. The van der Waals surface area contributed by atoms with E-state index in [0.29, 0.717) is 17.5 Å². The summed E-state index contributed by atoms with van der Waals surface area (Å²) in [5.41, 5.74) is 34.0. The van der Waals surface area contributed by atoms with E-state index in [9.17, 15) is 43.5 Å². The van der Waals surface area contributed by atoms with E-state index < -0.39 is 84.0 Å². The molecule has 17 N–H and O–H groups in total. The highest BCUT2D eigenvalue weighted by Crippen LogP contribution is 2.22. The van der Waals surface area contributed by atoms with Gasteiger partial charge in [-0.05, 0) is 73.2 Å². The number of carbonyl (C=O) groups excluding carboxylic acids is 8. The topological polar surface area (TPSA) is 392 Å². The Bertz CT molecular complexity index is 2320. The summed E-state index contributed by atoms with van der Waals surface area (Å²) < 4.78 is 0. The Balaban J connectivity index is 1.62. The van der Waals surface area contributed by atoms with Crippen molar-refractivity contribution in [3.05, 3.63) is 88.1 Å². The van der Waals surface area contributed by atoms with Crippen LogP contribution in [0.4, 0.5) is 0 Å². The second-order valence-electron chi connectivity index (χ2n) is 16.7. The molecule has 4 rings (SSSR count). The lowest BCUT2D eigenvalue weighted by Crippen LogP contribution is -2.60. The number of aromatic hydroxyl groups is 1. The number of nitrogens with two attached hydrogens (primary N) is 6. The van der Waals surface area contributed by atoms with Crippen molar-refractivity contribution in [2.45, 2.75) is 100 Å². The number of phenols is 1. The van der Waals surface area contributed by atoms with Gasteiger partial charge in [-0.1, -0.05) is 48.5 Å². The molecule has 378 valence electrons. The molecule has 0 bridgehead atoms. The number of rotatable bonds is 27. The number of benzene rings is 2. The van der Waals surface area contributed by atoms with Gasteiger partial charge in [-0.2, -0.15) is 0 Å². The van der Waals surface area contributed by atoms with Crippen molar-refractivity contribution in [3.8, 4) is 5.75 Å². The molecule has 1 aliphatic heterocycles. The number of thiophene rings is 1. The van der Waals surface area contributed by atoms with Gasteiger partial charge in [0, 0.05) is 44.4 Å². The predicted molar refractivity (Wildman–Crippen MR) is 262 cm³/mol. The molecule has 2 aromatic carbocycles. The molecule has 0 saturated carbocycles. The molecular weight excluding hydrogens is 925 g/mol. The highest BCUT2D eigenvalue weighted by Gasteiger charge is 2.40. The predicted octanol–water partition coefficient (Wildman–Crippen LogP) is -2.29. The maximum Gasteiger partial charge on any atom is 0.245 e. The fourth-order valence-corrected chi connectivity index (χ4v) is 8.42. The lowest BCUT2D eigenvalue weighted by atomic mass is 10.0. The minimum atomic E-state index is -1.48. The monoisotopic (exact) mass is 988 g/mol. The second-order valence-corrected chi connectivity index (χ2v) is 17.8. The second kappa shape index (κ2) is 27.3. The van der Waals surface area contributed by atoms with Crippen LogP contribution in [0, 0.1) is 0 Å². The van der Waals surface area contributed by atoms with Gasteiger partial charge in [0.05, 0.1) is 12.8 Å². The third kappa shape index (κ3) is 17.7. The van der Waals surface area contributed by atoms with E-state index in [1.54, 1.807) is 42.5 Å². The summed E-state index contributed by atoms with van der Waals surface area (Å²) in [6.45, 7) is 0.252. The standard InChI is InChI=1S/C46H64N14O9S/c1-59(38(63)25-30-11-8-22-70-30)36(24-28-15-17-29(61)18-16-28)43(68)58-34(23-27-9-3-2-4-10-27)41(66)56-32(13-6-20-54-46(51)52)44(69)60-21-7-14-35(60)42(67)55-31(12-5-19-53-45(49)50)40(65)57-33(39(48)64)26-37(47)62/h2-4,8-11,15-18,22,31-36,61H,5-7,12-14,19-21,23-26H2,1H3,(H2,47,62)(H2,48,64)(H,55,67)(H,56,66)(H,57,65)(H,58,68)(H4,49,50,53)(H4,51,52,54)/t31-,32-,33-,34-,35-,36-/m0/s1. The minimum Gasteiger partial charge on any atom is -0.508 e. The molecule has 6 atom stereocenters. The van der Waals surface area contributed by atoms with Crippen LogP contribution in [0.15, 0.2) is 82.1 Å². The number of guanidine groups is 2. The minimum absolute atomic E-state index is 0.00811. The first-order valence-corrected chi connectivity index (χ1v) is 23.5. The third-order valence-corrected chi connectivity index (χ3v) is 12.3. The number of amides is 8. The van der Waals surface area contributed by atoms with Crippen molar-refractivity contribution in [1.82, 2.24) is 31.1 Å². The highest BCUT2D eigenvalue weighted by atomic mass is 32.1. The number of primary amides is 2. The van der Waals surface area contributed by atoms with Crippen LogP contribution in [0.25, 0.3) is 0 Å². The van der Waals surface area contributed by atoms with Crippen LogP contribution in [0.2, 0.25) is 0 Å². The molecule has 1 saturated heterocycles. The van der Waals surface area contributed by atoms with E-state index in [1.807, 2.05) is 17.5 Å². The highest BCUT2D eigenvalue weighted by molar-refractivity contribution is 7.10. The summed E-state index contributed by atoms with van der Waals surface area (Å²) in [5, 5.41) is 22.5. The van der Waals surface area contributed by atoms with Gasteiger partial charge < -0.3 is 70.6 Å². The van der Waals surface area contributed by atoms with Crippen LogP contribution in [0.3, 0.4) is 0 Å². The summed E-state index contributed by atoms with van der Waals surface area (Å²) in [5.74, 6) is -6.32. The molecule has 8 amide bonds. The van der Waals surface area contributed by atoms with Gasteiger partial charge in [-0.15, -0.1) is 11.3 Å². The molecule has 1 aromatic heterocycles. The number of carbonyl (C=O) groups is 8. The first kappa shape index (κ1) is 54.8. The average molecular weight is 989 g/mol. The van der Waals surface area contributed by atoms with E-state index in [0.717, 1.165) is 4.88 Å². The van der Waals surface area contributed by atoms with Gasteiger partial charge in [0.15, 0.2) is 11.9 Å². The molecular formula is C46H64N14O9S. The number of nitrogens with one attached hydrogen (secondary N) is 4. The van der Waals surface area contributed by atoms with Crippen LogP contribution in [-0.4, -0.2) is 137 Å². The Labute approximate surface area is 409 Å². The van der Waals surface area contributed by atoms with Gasteiger partial charge in [0.1, 0.15) is 42.0 Å². The summed E-state index contributed by atoms with van der Waals surface area (Å²) in [7, 11) is 1.50. The molecule has 70 heavy (non-hydrogen) atoms. The number of phenolic OH excluding ortho intramolecular Hbond substituents is 1. The maximum atomic E-state index is 14.7. The molecule has 1 fully saturated rings. The molecule has 0 spiro atoms. The molecule has 0 radical (unpaired) electrons. The van der Waals surface area contributed by atoms with Crippen molar-refractivity contribution < 1.29 is 43.5 Å². The van der Waals surface area contributed by atoms with Gasteiger partial charge in [-0.3, -0.25) is 48.3 Å². The Morgan fingerprint density at radius 1 is 0.714 bits per heavy atom. The van der Waals surface area contributed by atoms with Crippen LogP contribution >= 0.6 is 11.3 Å². The van der Waals surface area contributed by atoms with Crippen molar-refractivity contribution in [3.63, 3.8) is 0 Å². The van der Waals surface area contributed by atoms with E-state index in [1.165, 1.54) is 40.3 Å². The van der Waals surface area contributed by atoms with Gasteiger partial charge in [-0.25, -0.2) is 0 Å². The van der Waals surface area contributed by atoms with Gasteiger partial charge >= 0.3 is 0 Å². The zero-order valence-corrected chi connectivity index (χ0v) is 39.8. The molecule has 3 aromatic rings. The Hall–Kier alpha value is -7.76. The number of likely N-dealkylation sites (N-methyl/N-ethyl adjacent to an activating group) is 1. The van der Waals surface area contributed by atoms with E-state index >= 15 is 0 Å².